The second-order valence-corrected chi connectivity index (χ2v) is 7.34. The van der Waals surface area contributed by atoms with Crippen LogP contribution < -0.4 is 15.8 Å². The van der Waals surface area contributed by atoms with Crippen molar-refractivity contribution < 1.29 is 9.84 Å². The minimum atomic E-state index is -0.777. The summed E-state index contributed by atoms with van der Waals surface area (Å²) in [7, 11) is 0. The second-order valence-electron chi connectivity index (χ2n) is 6.21. The van der Waals surface area contributed by atoms with Crippen molar-refractivity contribution >= 4 is 17.0 Å². The number of nitrogens with two attached hydrogens (primary N) is 1. The van der Waals surface area contributed by atoms with Gasteiger partial charge in [-0.05, 0) is 30.5 Å². The lowest BCUT2D eigenvalue weighted by atomic mass is 9.93. The number of rotatable bonds is 6. The van der Waals surface area contributed by atoms with Crippen LogP contribution in [0.3, 0.4) is 0 Å². The third-order valence-corrected chi connectivity index (χ3v) is 5.32. The third-order valence-electron chi connectivity index (χ3n) is 4.34. The number of thiophene rings is 1. The van der Waals surface area contributed by atoms with Gasteiger partial charge in [0.15, 0.2) is 5.06 Å². The van der Waals surface area contributed by atoms with Crippen LogP contribution in [0.5, 0.6) is 5.06 Å². The minimum Gasteiger partial charge on any atom is -0.480 e. The Morgan fingerprint density at radius 2 is 2.04 bits per heavy atom. The van der Waals surface area contributed by atoms with Gasteiger partial charge in [0.1, 0.15) is 12.3 Å². The van der Waals surface area contributed by atoms with E-state index in [-0.39, 0.29) is 6.10 Å². The standard InChI is InChI=1S/C19H24N2O2S/c1-13-6-2-5-9-17(13)23-18-11-10-14(24-18)12-21-19(22)15-7-3-4-8-16(15)20/h2-5,7-8,10-11,13,17,19,21-22H,6,9,12,20H2,1H3. The van der Waals surface area contributed by atoms with E-state index in [1.165, 1.54) is 0 Å². The fourth-order valence-electron chi connectivity index (χ4n) is 2.82. The molecule has 1 heterocycles. The Bertz CT molecular complexity index is 698. The van der Waals surface area contributed by atoms with Gasteiger partial charge in [-0.2, -0.15) is 0 Å². The van der Waals surface area contributed by atoms with Crippen molar-refractivity contribution in [2.24, 2.45) is 5.92 Å². The molecule has 0 fully saturated rings. The van der Waals surface area contributed by atoms with Crippen LogP contribution in [0.2, 0.25) is 0 Å². The Labute approximate surface area is 147 Å². The van der Waals surface area contributed by atoms with Crippen molar-refractivity contribution in [3.8, 4) is 5.06 Å². The number of hydrogen-bond donors (Lipinski definition) is 3. The molecule has 3 atom stereocenters. The zero-order valence-corrected chi connectivity index (χ0v) is 14.6. The fraction of sp³-hybridized carbons (Fsp3) is 0.368. The number of nitrogens with one attached hydrogen (secondary N) is 1. The molecule has 3 unspecified atom stereocenters. The smallest absolute Gasteiger partial charge is 0.174 e. The number of allylic oxidation sites excluding steroid dienone is 1. The van der Waals surface area contributed by atoms with Gasteiger partial charge in [0.2, 0.25) is 0 Å². The number of aliphatic hydroxyl groups excluding tert-OH is 1. The summed E-state index contributed by atoms with van der Waals surface area (Å²) in [6.07, 6.45) is 5.95. The monoisotopic (exact) mass is 344 g/mol. The lowest BCUT2D eigenvalue weighted by Gasteiger charge is -2.25. The first-order valence-corrected chi connectivity index (χ1v) is 9.11. The first-order valence-electron chi connectivity index (χ1n) is 8.29. The molecule has 4 N–H and O–H groups in total. The van der Waals surface area contributed by atoms with E-state index in [9.17, 15) is 5.11 Å². The maximum atomic E-state index is 10.2. The van der Waals surface area contributed by atoms with Crippen LogP contribution in [-0.2, 0) is 6.54 Å². The van der Waals surface area contributed by atoms with Gasteiger partial charge in [0.05, 0.1) is 0 Å². The molecule has 1 aliphatic carbocycles. The van der Waals surface area contributed by atoms with Gasteiger partial charge in [-0.15, -0.1) is 11.3 Å². The summed E-state index contributed by atoms with van der Waals surface area (Å²) < 4.78 is 6.12. The predicted octanol–water partition coefficient (Wildman–Crippen LogP) is 3.84. The van der Waals surface area contributed by atoms with E-state index in [4.69, 9.17) is 10.5 Å². The lowest BCUT2D eigenvalue weighted by Crippen LogP contribution is -2.25. The summed E-state index contributed by atoms with van der Waals surface area (Å²) in [6, 6.07) is 11.4. The molecule has 1 aromatic heterocycles. The first-order chi connectivity index (χ1) is 11.6. The maximum absolute atomic E-state index is 10.2. The zero-order valence-electron chi connectivity index (χ0n) is 13.8. The van der Waals surface area contributed by atoms with Crippen LogP contribution in [0.4, 0.5) is 5.69 Å². The number of anilines is 1. The van der Waals surface area contributed by atoms with Gasteiger partial charge in [-0.1, -0.05) is 37.3 Å². The summed E-state index contributed by atoms with van der Waals surface area (Å²) in [6.45, 7) is 2.80. The average Bonchev–Trinajstić information content (AvgIpc) is 3.03. The van der Waals surface area contributed by atoms with Gasteiger partial charge in [-0.3, -0.25) is 5.32 Å². The Morgan fingerprint density at radius 3 is 2.83 bits per heavy atom. The number of aliphatic hydroxyl groups is 1. The summed E-state index contributed by atoms with van der Waals surface area (Å²) in [5.41, 5.74) is 7.18. The second kappa shape index (κ2) is 7.83. The predicted molar refractivity (Wildman–Crippen MR) is 98.9 cm³/mol. The fourth-order valence-corrected chi connectivity index (χ4v) is 3.68. The third kappa shape index (κ3) is 4.17. The van der Waals surface area contributed by atoms with E-state index in [1.807, 2.05) is 30.3 Å². The quantitative estimate of drug-likeness (QED) is 0.423. The van der Waals surface area contributed by atoms with Crippen molar-refractivity contribution in [2.75, 3.05) is 5.73 Å². The highest BCUT2D eigenvalue weighted by Crippen LogP contribution is 2.30. The minimum absolute atomic E-state index is 0.254. The molecule has 0 radical (unpaired) electrons. The van der Waals surface area contributed by atoms with E-state index in [1.54, 1.807) is 17.4 Å². The van der Waals surface area contributed by atoms with Crippen molar-refractivity contribution in [1.29, 1.82) is 0 Å². The van der Waals surface area contributed by atoms with Gasteiger partial charge in [0.25, 0.3) is 0 Å². The highest BCUT2D eigenvalue weighted by molar-refractivity contribution is 7.13. The van der Waals surface area contributed by atoms with E-state index in [2.05, 4.69) is 24.4 Å². The molecule has 0 bridgehead atoms. The summed E-state index contributed by atoms with van der Waals surface area (Å²) in [5.74, 6) is 0.543. The highest BCUT2D eigenvalue weighted by Gasteiger charge is 2.20. The topological polar surface area (TPSA) is 67.5 Å². The van der Waals surface area contributed by atoms with E-state index in [0.717, 1.165) is 22.8 Å². The van der Waals surface area contributed by atoms with Gasteiger partial charge in [0, 0.05) is 29.1 Å². The van der Waals surface area contributed by atoms with Crippen molar-refractivity contribution in [2.45, 2.75) is 38.6 Å². The molecular formula is C19H24N2O2S. The zero-order chi connectivity index (χ0) is 16.9. The molecule has 1 aromatic carbocycles. The van der Waals surface area contributed by atoms with Crippen molar-refractivity contribution in [3.63, 3.8) is 0 Å². The Hall–Kier alpha value is -1.82. The number of ether oxygens (including phenoxy) is 1. The number of nitrogen functional groups attached to an aromatic ring is 1. The molecule has 3 rings (SSSR count). The first kappa shape index (κ1) is 17.0. The lowest BCUT2D eigenvalue weighted by molar-refractivity contribution is 0.138. The largest absolute Gasteiger partial charge is 0.480 e. The highest BCUT2D eigenvalue weighted by atomic mass is 32.1. The molecule has 128 valence electrons. The van der Waals surface area contributed by atoms with Crippen LogP contribution in [0.15, 0.2) is 48.6 Å². The van der Waals surface area contributed by atoms with Crippen LogP contribution in [0.25, 0.3) is 0 Å². The van der Waals surface area contributed by atoms with Gasteiger partial charge < -0.3 is 15.6 Å². The van der Waals surface area contributed by atoms with E-state index >= 15 is 0 Å². The number of hydrogen-bond acceptors (Lipinski definition) is 5. The van der Waals surface area contributed by atoms with Gasteiger partial charge in [-0.25, -0.2) is 0 Å². The van der Waals surface area contributed by atoms with Crippen LogP contribution in [-0.4, -0.2) is 11.2 Å². The molecule has 0 saturated heterocycles. The Morgan fingerprint density at radius 1 is 1.25 bits per heavy atom. The molecule has 0 saturated carbocycles. The molecule has 0 amide bonds. The maximum Gasteiger partial charge on any atom is 0.174 e. The molecule has 5 heteroatoms. The number of para-hydroxylation sites is 1. The van der Waals surface area contributed by atoms with Crippen molar-refractivity contribution in [1.82, 2.24) is 5.32 Å². The summed E-state index contributed by atoms with van der Waals surface area (Å²) >= 11 is 1.62. The normalized spacial score (nSPS) is 21.6. The average molecular weight is 344 g/mol. The molecule has 0 aliphatic heterocycles. The molecular weight excluding hydrogens is 320 g/mol. The summed E-state index contributed by atoms with van der Waals surface area (Å²) in [5, 5.41) is 14.3. The van der Waals surface area contributed by atoms with Crippen molar-refractivity contribution in [3.05, 3.63) is 59.0 Å². The van der Waals surface area contributed by atoms with Gasteiger partial charge >= 0.3 is 0 Å². The molecule has 1 aliphatic rings. The van der Waals surface area contributed by atoms with Crippen LogP contribution in [0.1, 0.15) is 36.4 Å². The molecule has 4 nitrogen and oxygen atoms in total. The SMILES string of the molecule is CC1CC=CCC1Oc1ccc(CNC(O)c2ccccc2N)s1. The number of benzene rings is 1. The molecule has 2 aromatic rings. The van der Waals surface area contributed by atoms with Crippen LogP contribution in [0, 0.1) is 5.92 Å². The molecule has 24 heavy (non-hydrogen) atoms. The van der Waals surface area contributed by atoms with Crippen LogP contribution >= 0.6 is 11.3 Å². The van der Waals surface area contributed by atoms with E-state index < -0.39 is 6.23 Å². The summed E-state index contributed by atoms with van der Waals surface area (Å²) in [4.78, 5) is 1.12. The Kier molecular flexibility index (Phi) is 5.56. The molecule has 0 spiro atoms. The van der Waals surface area contributed by atoms with E-state index in [0.29, 0.717) is 23.7 Å². The Balaban J connectivity index is 1.54.